The molecule has 112 valence electrons. The summed E-state index contributed by atoms with van der Waals surface area (Å²) in [6, 6.07) is 11.3. The molecule has 22 heavy (non-hydrogen) atoms. The van der Waals surface area contributed by atoms with Crippen LogP contribution < -0.4 is 16.1 Å². The lowest BCUT2D eigenvalue weighted by Gasteiger charge is -2.09. The van der Waals surface area contributed by atoms with Gasteiger partial charge in [0.1, 0.15) is 0 Å². The van der Waals surface area contributed by atoms with E-state index in [-0.39, 0.29) is 4.90 Å². The fraction of sp³-hybridized carbons (Fsp3) is 0.0667. The van der Waals surface area contributed by atoms with E-state index in [0.29, 0.717) is 16.3 Å². The number of hydrogen-bond acceptors (Lipinski definition) is 5. The zero-order valence-corrected chi connectivity index (χ0v) is 12.4. The minimum Gasteiger partial charge on any atom is -0.267 e. The molecule has 0 spiro atoms. The van der Waals surface area contributed by atoms with Gasteiger partial charge in [0.05, 0.1) is 15.9 Å². The molecule has 6 nitrogen and oxygen atoms in total. The molecule has 1 aliphatic rings. The van der Waals surface area contributed by atoms with Crippen molar-refractivity contribution in [2.24, 2.45) is 4.99 Å². The molecule has 7 heteroatoms. The Morgan fingerprint density at radius 2 is 1.91 bits per heavy atom. The van der Waals surface area contributed by atoms with Crippen LogP contribution in [0, 0.1) is 6.92 Å². The first-order chi connectivity index (χ1) is 10.5. The molecule has 2 aromatic carbocycles. The number of carbonyl (C=O) groups is 1. The fourth-order valence-electron chi connectivity index (χ4n) is 2.02. The van der Waals surface area contributed by atoms with Crippen LogP contribution in [-0.2, 0) is 19.2 Å². The third-order valence-electron chi connectivity index (χ3n) is 3.20. The Kier molecular flexibility index (Phi) is 3.51. The number of amides is 1. The molecule has 1 aliphatic heterocycles. The van der Waals surface area contributed by atoms with Crippen LogP contribution in [0.5, 0.6) is 0 Å². The van der Waals surface area contributed by atoms with E-state index in [1.165, 1.54) is 24.3 Å². The smallest absolute Gasteiger partial charge is 0.267 e. The first-order valence-electron chi connectivity index (χ1n) is 6.45. The zero-order chi connectivity index (χ0) is 15.7. The molecule has 1 heterocycles. The van der Waals surface area contributed by atoms with E-state index in [2.05, 4.69) is 10.5 Å². The molecule has 0 aromatic heterocycles. The van der Waals surface area contributed by atoms with E-state index >= 15 is 0 Å². The second kappa shape index (κ2) is 5.36. The van der Waals surface area contributed by atoms with Gasteiger partial charge in [0.25, 0.3) is 5.91 Å². The topological polar surface area (TPSA) is 84.8 Å². The lowest BCUT2D eigenvalue weighted by atomic mass is 10.2. The molecular formula is C15H12N2O4S. The maximum Gasteiger partial charge on any atom is 0.317 e. The standard InChI is InChI=1S/C15H12N2O4S/c1-10-4-2-3-5-13(10)17-21-22(19,20)12-6-7-14-11(8-12)9-15(18)16-14/h2-9,17H,1H3. The monoisotopic (exact) mass is 316 g/mol. The molecule has 0 fully saturated rings. The van der Waals surface area contributed by atoms with E-state index in [4.69, 9.17) is 4.28 Å². The molecule has 0 bridgehead atoms. The molecule has 0 saturated heterocycles. The number of carbonyl (C=O) groups excluding carboxylic acids is 1. The third-order valence-corrected chi connectivity index (χ3v) is 4.34. The lowest BCUT2D eigenvalue weighted by molar-refractivity contribution is -0.112. The highest BCUT2D eigenvalue weighted by Crippen LogP contribution is 2.16. The van der Waals surface area contributed by atoms with Crippen LogP contribution in [0.1, 0.15) is 5.56 Å². The van der Waals surface area contributed by atoms with Gasteiger partial charge in [-0.2, -0.15) is 8.42 Å². The molecule has 0 atom stereocenters. The molecule has 3 rings (SSSR count). The van der Waals surface area contributed by atoms with Crippen LogP contribution in [0.3, 0.4) is 0 Å². The Hall–Kier alpha value is -2.51. The first-order valence-corrected chi connectivity index (χ1v) is 7.86. The molecule has 1 amide bonds. The van der Waals surface area contributed by atoms with Gasteiger partial charge < -0.3 is 0 Å². The summed E-state index contributed by atoms with van der Waals surface area (Å²) in [5.74, 6) is -0.400. The van der Waals surface area contributed by atoms with Crippen molar-refractivity contribution < 1.29 is 17.5 Å². The minimum atomic E-state index is -4.00. The van der Waals surface area contributed by atoms with Crippen LogP contribution in [-0.4, -0.2) is 14.3 Å². The van der Waals surface area contributed by atoms with E-state index in [1.54, 1.807) is 12.1 Å². The van der Waals surface area contributed by atoms with Crippen LogP contribution in [0.15, 0.2) is 52.4 Å². The average molecular weight is 316 g/mol. The Morgan fingerprint density at radius 3 is 2.68 bits per heavy atom. The number of anilines is 1. The summed E-state index contributed by atoms with van der Waals surface area (Å²) in [5, 5.41) is 0.918. The molecule has 2 aromatic rings. The summed E-state index contributed by atoms with van der Waals surface area (Å²) in [4.78, 5) is 14.9. The largest absolute Gasteiger partial charge is 0.317 e. The van der Waals surface area contributed by atoms with Crippen molar-refractivity contribution in [3.8, 4) is 0 Å². The van der Waals surface area contributed by atoms with Gasteiger partial charge in [-0.05, 0) is 36.8 Å². The van der Waals surface area contributed by atoms with Crippen molar-refractivity contribution in [1.82, 2.24) is 0 Å². The van der Waals surface area contributed by atoms with Gasteiger partial charge in [0.2, 0.25) is 0 Å². The van der Waals surface area contributed by atoms with Gasteiger partial charge in [0, 0.05) is 11.3 Å². The fourth-order valence-corrected chi connectivity index (χ4v) is 2.83. The van der Waals surface area contributed by atoms with E-state index < -0.39 is 16.0 Å². The number of hydrogen-bond donors (Lipinski definition) is 1. The maximum atomic E-state index is 12.2. The SMILES string of the molecule is Cc1ccccc1NOS(=O)(=O)c1ccc2c(c1)=CC(=O)N=2. The van der Waals surface area contributed by atoms with Crippen molar-refractivity contribution in [3.05, 3.63) is 58.6 Å². The quantitative estimate of drug-likeness (QED) is 0.838. The van der Waals surface area contributed by atoms with E-state index in [9.17, 15) is 13.2 Å². The van der Waals surface area contributed by atoms with Gasteiger partial charge in [-0.3, -0.25) is 4.79 Å². The highest BCUT2D eigenvalue weighted by molar-refractivity contribution is 7.86. The predicted octanol–water partition coefficient (Wildman–Crippen LogP) is 0.668. The highest BCUT2D eigenvalue weighted by Gasteiger charge is 2.17. The lowest BCUT2D eigenvalue weighted by Crippen LogP contribution is -2.23. The molecular weight excluding hydrogens is 304 g/mol. The molecule has 0 aliphatic carbocycles. The number of aryl methyl sites for hydroxylation is 1. The van der Waals surface area contributed by atoms with Crippen LogP contribution in [0.2, 0.25) is 0 Å². The summed E-state index contributed by atoms with van der Waals surface area (Å²) in [6.45, 7) is 1.83. The van der Waals surface area contributed by atoms with Crippen LogP contribution in [0.4, 0.5) is 5.69 Å². The first kappa shape index (κ1) is 14.4. The number of benzene rings is 2. The van der Waals surface area contributed by atoms with Crippen molar-refractivity contribution in [1.29, 1.82) is 0 Å². The normalized spacial score (nSPS) is 13.2. The summed E-state index contributed by atoms with van der Waals surface area (Å²) >= 11 is 0. The second-order valence-corrected chi connectivity index (χ2v) is 6.32. The second-order valence-electron chi connectivity index (χ2n) is 4.77. The van der Waals surface area contributed by atoms with Gasteiger partial charge in [-0.15, -0.1) is 4.28 Å². The van der Waals surface area contributed by atoms with Crippen molar-refractivity contribution >= 4 is 27.8 Å². The van der Waals surface area contributed by atoms with E-state index in [1.807, 2.05) is 19.1 Å². The number of nitrogens with zero attached hydrogens (tertiary/aromatic N) is 1. The molecule has 0 radical (unpaired) electrons. The predicted molar refractivity (Wildman–Crippen MR) is 79.8 cm³/mol. The summed E-state index contributed by atoms with van der Waals surface area (Å²) < 4.78 is 29.2. The van der Waals surface area contributed by atoms with Gasteiger partial charge in [0.15, 0.2) is 0 Å². The minimum absolute atomic E-state index is 0.0477. The number of fused-ring (bicyclic) bond motifs is 1. The van der Waals surface area contributed by atoms with Crippen LogP contribution >= 0.6 is 0 Å². The Labute approximate surface area is 126 Å². The Morgan fingerprint density at radius 1 is 1.14 bits per heavy atom. The summed E-state index contributed by atoms with van der Waals surface area (Å²) in [5.41, 5.74) is 3.85. The van der Waals surface area contributed by atoms with Crippen molar-refractivity contribution in [2.75, 3.05) is 5.48 Å². The molecule has 1 N–H and O–H groups in total. The van der Waals surface area contributed by atoms with Crippen molar-refractivity contribution in [2.45, 2.75) is 11.8 Å². The summed E-state index contributed by atoms with van der Waals surface area (Å²) in [6.07, 6.45) is 1.28. The van der Waals surface area contributed by atoms with Crippen molar-refractivity contribution in [3.63, 3.8) is 0 Å². The van der Waals surface area contributed by atoms with Crippen LogP contribution in [0.25, 0.3) is 6.08 Å². The van der Waals surface area contributed by atoms with E-state index in [0.717, 1.165) is 5.56 Å². The van der Waals surface area contributed by atoms with Gasteiger partial charge >= 0.3 is 10.1 Å². The third kappa shape index (κ3) is 2.76. The molecule has 0 saturated carbocycles. The number of para-hydroxylation sites is 1. The van der Waals surface area contributed by atoms with Gasteiger partial charge in [-0.1, -0.05) is 18.2 Å². The average Bonchev–Trinajstić information content (AvgIpc) is 2.85. The summed E-state index contributed by atoms with van der Waals surface area (Å²) in [7, 11) is -4.00. The maximum absolute atomic E-state index is 12.2. The number of rotatable bonds is 4. The zero-order valence-electron chi connectivity index (χ0n) is 11.6. The Bertz CT molecular complexity index is 981. The van der Waals surface area contributed by atoms with Gasteiger partial charge in [-0.25, -0.2) is 10.5 Å². The number of nitrogens with one attached hydrogen (secondary N) is 1. The Balaban J connectivity index is 1.87. The highest BCUT2D eigenvalue weighted by atomic mass is 32.2. The molecule has 0 unspecified atom stereocenters.